The first-order valence-electron chi connectivity index (χ1n) is 5.76. The fourth-order valence-corrected chi connectivity index (χ4v) is 2.47. The first-order chi connectivity index (χ1) is 8.22. The Bertz CT molecular complexity index is 440. The fourth-order valence-electron chi connectivity index (χ4n) is 1.41. The molecular weight excluding hydrogens is 272 g/mol. The summed E-state index contributed by atoms with van der Waals surface area (Å²) in [5.74, 6) is -1.06. The zero-order valence-electron chi connectivity index (χ0n) is 11.2. The molecule has 5 nitrogen and oxygen atoms in total. The molecule has 1 rings (SSSR count). The van der Waals surface area contributed by atoms with Gasteiger partial charge in [0.2, 0.25) is 0 Å². The second-order valence-electron chi connectivity index (χ2n) is 5.40. The van der Waals surface area contributed by atoms with E-state index in [9.17, 15) is 4.79 Å². The highest BCUT2D eigenvalue weighted by molar-refractivity contribution is 6.76. The second kappa shape index (κ2) is 5.86. The Morgan fingerprint density at radius 3 is 2.56 bits per heavy atom. The van der Waals surface area contributed by atoms with Crippen LogP contribution >= 0.6 is 11.6 Å². The molecule has 1 aromatic heterocycles. The van der Waals surface area contributed by atoms with Crippen LogP contribution in [0, 0.1) is 6.92 Å². The van der Waals surface area contributed by atoms with Crippen molar-refractivity contribution in [3.63, 3.8) is 0 Å². The minimum Gasteiger partial charge on any atom is -0.478 e. The van der Waals surface area contributed by atoms with Crippen LogP contribution in [0.5, 0.6) is 0 Å². The van der Waals surface area contributed by atoms with Gasteiger partial charge in [0.1, 0.15) is 12.3 Å². The number of halogens is 1. The molecule has 1 heterocycles. The molecule has 1 N–H and O–H groups in total. The Hall–Kier alpha value is -0.853. The normalized spacial score (nSPS) is 11.8. The molecule has 0 unspecified atom stereocenters. The Labute approximate surface area is 113 Å². The lowest BCUT2D eigenvalue weighted by Gasteiger charge is -2.15. The average molecular weight is 291 g/mol. The van der Waals surface area contributed by atoms with Crippen LogP contribution in [-0.2, 0) is 11.5 Å². The van der Waals surface area contributed by atoms with E-state index in [0.717, 1.165) is 6.04 Å². The first-order valence-corrected chi connectivity index (χ1v) is 9.85. The highest BCUT2D eigenvalue weighted by atomic mass is 35.5. The number of hydrogen-bond acceptors (Lipinski definition) is 3. The van der Waals surface area contributed by atoms with Crippen molar-refractivity contribution in [3.8, 4) is 0 Å². The highest BCUT2D eigenvalue weighted by Crippen LogP contribution is 2.18. The topological polar surface area (TPSA) is 64.3 Å². The number of carboxylic acids is 1. The molecule has 0 amide bonds. The molecule has 0 aromatic carbocycles. The third kappa shape index (κ3) is 4.11. The number of carbonyl (C=O) groups is 1. The molecule has 7 heteroatoms. The van der Waals surface area contributed by atoms with E-state index < -0.39 is 14.0 Å². The Balaban J connectivity index is 2.59. The molecule has 0 atom stereocenters. The van der Waals surface area contributed by atoms with Crippen molar-refractivity contribution in [3.05, 3.63) is 16.4 Å². The molecule has 0 spiro atoms. The van der Waals surface area contributed by atoms with Crippen molar-refractivity contribution in [2.45, 2.75) is 39.3 Å². The lowest BCUT2D eigenvalue weighted by molar-refractivity contribution is 0.0690. The maximum Gasteiger partial charge on any atom is 0.340 e. The molecule has 0 aliphatic rings. The summed E-state index contributed by atoms with van der Waals surface area (Å²) in [5.41, 5.74) is 0.561. The predicted octanol–water partition coefficient (Wildman–Crippen LogP) is 2.86. The number of carboxylic acid groups (broad SMARTS) is 1. The quantitative estimate of drug-likeness (QED) is 0.646. The number of rotatable bonds is 6. The molecular formula is C11H19ClN2O3Si. The molecule has 0 fully saturated rings. The summed E-state index contributed by atoms with van der Waals surface area (Å²) in [7, 11) is -1.11. The molecule has 0 radical (unpaired) electrons. The third-order valence-corrected chi connectivity index (χ3v) is 4.56. The minimum atomic E-state index is -1.11. The number of aromatic carboxylic acids is 1. The molecule has 102 valence electrons. The number of hydrogen-bond donors (Lipinski definition) is 1. The van der Waals surface area contributed by atoms with Crippen molar-refractivity contribution in [2.75, 3.05) is 6.61 Å². The SMILES string of the molecule is Cc1c(C(=O)O)c(Cl)nn1COCC[Si](C)(C)C. The van der Waals surface area contributed by atoms with E-state index in [2.05, 4.69) is 24.7 Å². The van der Waals surface area contributed by atoms with Crippen molar-refractivity contribution in [2.24, 2.45) is 0 Å². The van der Waals surface area contributed by atoms with E-state index in [-0.39, 0.29) is 17.4 Å². The lowest BCUT2D eigenvalue weighted by atomic mass is 10.3. The van der Waals surface area contributed by atoms with Crippen LogP contribution in [0.25, 0.3) is 0 Å². The van der Waals surface area contributed by atoms with Crippen molar-refractivity contribution < 1.29 is 14.6 Å². The molecule has 0 aliphatic carbocycles. The van der Waals surface area contributed by atoms with E-state index in [1.54, 1.807) is 6.92 Å². The second-order valence-corrected chi connectivity index (χ2v) is 11.4. The molecule has 0 aliphatic heterocycles. The van der Waals surface area contributed by atoms with Gasteiger partial charge in [-0.1, -0.05) is 31.2 Å². The summed E-state index contributed by atoms with van der Waals surface area (Å²) in [5, 5.41) is 12.9. The van der Waals surface area contributed by atoms with Gasteiger partial charge in [0.25, 0.3) is 0 Å². The van der Waals surface area contributed by atoms with E-state index in [1.807, 2.05) is 0 Å². The monoisotopic (exact) mass is 290 g/mol. The van der Waals surface area contributed by atoms with E-state index in [1.165, 1.54) is 4.68 Å². The third-order valence-electron chi connectivity index (χ3n) is 2.59. The van der Waals surface area contributed by atoms with Crippen molar-refractivity contribution >= 4 is 25.6 Å². The van der Waals surface area contributed by atoms with Crippen LogP contribution in [0.4, 0.5) is 0 Å². The van der Waals surface area contributed by atoms with Gasteiger partial charge in [-0.05, 0) is 13.0 Å². The van der Waals surface area contributed by atoms with Crippen LogP contribution < -0.4 is 0 Å². The van der Waals surface area contributed by atoms with Crippen molar-refractivity contribution in [1.82, 2.24) is 9.78 Å². The summed E-state index contributed by atoms with van der Waals surface area (Å²) < 4.78 is 6.99. The minimum absolute atomic E-state index is 0.00814. The lowest BCUT2D eigenvalue weighted by Crippen LogP contribution is -2.22. The van der Waals surface area contributed by atoms with Crippen LogP contribution in [-0.4, -0.2) is 35.5 Å². The van der Waals surface area contributed by atoms with E-state index >= 15 is 0 Å². The van der Waals surface area contributed by atoms with Gasteiger partial charge in [-0.2, -0.15) is 5.10 Å². The van der Waals surface area contributed by atoms with Gasteiger partial charge >= 0.3 is 5.97 Å². The number of ether oxygens (including phenoxy) is 1. The summed E-state index contributed by atoms with van der Waals surface area (Å²) in [6.07, 6.45) is 0. The zero-order valence-corrected chi connectivity index (χ0v) is 12.9. The first kappa shape index (κ1) is 15.2. The fraction of sp³-hybridized carbons (Fsp3) is 0.636. The van der Waals surface area contributed by atoms with Gasteiger partial charge in [0.15, 0.2) is 5.15 Å². The average Bonchev–Trinajstić information content (AvgIpc) is 2.47. The Morgan fingerprint density at radius 2 is 2.11 bits per heavy atom. The zero-order chi connectivity index (χ0) is 13.9. The molecule has 0 saturated heterocycles. The van der Waals surface area contributed by atoms with E-state index in [0.29, 0.717) is 12.3 Å². The summed E-state index contributed by atoms with van der Waals surface area (Å²) in [6, 6.07) is 1.06. The molecule has 18 heavy (non-hydrogen) atoms. The summed E-state index contributed by atoms with van der Waals surface area (Å²) in [6.45, 7) is 9.39. The van der Waals surface area contributed by atoms with Gasteiger partial charge in [0, 0.05) is 14.7 Å². The number of nitrogens with zero attached hydrogens (tertiary/aromatic N) is 2. The maximum absolute atomic E-state index is 10.9. The molecule has 1 aromatic rings. The van der Waals surface area contributed by atoms with Gasteiger partial charge in [0.05, 0.1) is 5.69 Å². The van der Waals surface area contributed by atoms with Gasteiger partial charge in [-0.25, -0.2) is 9.48 Å². The van der Waals surface area contributed by atoms with Gasteiger partial charge < -0.3 is 9.84 Å². The maximum atomic E-state index is 10.9. The molecule has 0 saturated carbocycles. The highest BCUT2D eigenvalue weighted by Gasteiger charge is 2.19. The summed E-state index contributed by atoms with van der Waals surface area (Å²) in [4.78, 5) is 10.9. The predicted molar refractivity (Wildman–Crippen MR) is 73.0 cm³/mol. The standard InChI is InChI=1S/C11H19ClN2O3Si/c1-8-9(11(15)16)10(12)13-14(8)7-17-5-6-18(2,3)4/h5-7H2,1-4H3,(H,15,16). The van der Waals surface area contributed by atoms with Crippen LogP contribution in [0.2, 0.25) is 30.8 Å². The van der Waals surface area contributed by atoms with Crippen molar-refractivity contribution in [1.29, 1.82) is 0 Å². The largest absolute Gasteiger partial charge is 0.478 e. The van der Waals surface area contributed by atoms with Gasteiger partial charge in [-0.15, -0.1) is 0 Å². The van der Waals surface area contributed by atoms with E-state index in [4.69, 9.17) is 21.4 Å². The van der Waals surface area contributed by atoms with Crippen LogP contribution in [0.3, 0.4) is 0 Å². The van der Waals surface area contributed by atoms with Crippen LogP contribution in [0.1, 0.15) is 16.1 Å². The molecule has 0 bridgehead atoms. The van der Waals surface area contributed by atoms with Gasteiger partial charge in [-0.3, -0.25) is 0 Å². The Morgan fingerprint density at radius 1 is 1.50 bits per heavy atom. The number of aromatic nitrogens is 2. The Kier molecular flexibility index (Phi) is 4.95. The smallest absolute Gasteiger partial charge is 0.340 e. The van der Waals surface area contributed by atoms with Crippen LogP contribution in [0.15, 0.2) is 0 Å². The summed E-state index contributed by atoms with van der Waals surface area (Å²) >= 11 is 5.77.